The molecule has 0 aliphatic carbocycles. The second-order valence-electron chi connectivity index (χ2n) is 6.48. The van der Waals surface area contributed by atoms with Crippen molar-refractivity contribution in [2.24, 2.45) is 0 Å². The van der Waals surface area contributed by atoms with Crippen LogP contribution in [0.15, 0.2) is 18.2 Å². The molecule has 0 aromatic heterocycles. The summed E-state index contributed by atoms with van der Waals surface area (Å²) in [4.78, 5) is 35.4. The van der Waals surface area contributed by atoms with Crippen molar-refractivity contribution in [2.45, 2.75) is 32.8 Å². The number of esters is 2. The summed E-state index contributed by atoms with van der Waals surface area (Å²) in [5, 5.41) is 0. The van der Waals surface area contributed by atoms with Crippen molar-refractivity contribution in [3.05, 3.63) is 23.8 Å². The Hall–Kier alpha value is -2.46. The Morgan fingerprint density at radius 1 is 1.29 bits per heavy atom. The smallest absolute Gasteiger partial charge is 0.421 e. The normalized spacial score (nSPS) is 13.9. The van der Waals surface area contributed by atoms with Gasteiger partial charge < -0.3 is 18.9 Å². The number of hydrogen-bond donors (Lipinski definition) is 1. The van der Waals surface area contributed by atoms with E-state index in [1.165, 1.54) is 7.11 Å². The first-order valence-electron chi connectivity index (χ1n) is 8.68. The highest BCUT2D eigenvalue weighted by Gasteiger charge is 2.32. The van der Waals surface area contributed by atoms with Gasteiger partial charge in [0, 0.05) is 24.1 Å². The maximum Gasteiger partial charge on any atom is 0.421 e. The summed E-state index contributed by atoms with van der Waals surface area (Å²) in [7, 11) is 1.19. The van der Waals surface area contributed by atoms with Gasteiger partial charge in [-0.25, -0.2) is 13.8 Å². The van der Waals surface area contributed by atoms with Gasteiger partial charge in [0.1, 0.15) is 18.7 Å². The van der Waals surface area contributed by atoms with Gasteiger partial charge in [-0.05, 0) is 26.8 Å². The zero-order valence-electron chi connectivity index (χ0n) is 16.3. The van der Waals surface area contributed by atoms with Crippen LogP contribution in [0.1, 0.15) is 26.3 Å². The third-order valence-electron chi connectivity index (χ3n) is 3.63. The van der Waals surface area contributed by atoms with E-state index < -0.39 is 18.0 Å². The van der Waals surface area contributed by atoms with E-state index in [-0.39, 0.29) is 25.3 Å². The molecular formula is C18H24N2O7S. The standard InChI is InChI=1S/C18H24N2O7S/c1-5-25-15(22)11-20(17(23)24-4)28-19-10-14(21)26-13-8-6-7-12-9-18(2,3)27-16(12)13/h6-8,19H,5,9-11H2,1-4H3. The lowest BCUT2D eigenvalue weighted by Gasteiger charge is -2.19. The van der Waals surface area contributed by atoms with Gasteiger partial charge in [0.15, 0.2) is 11.5 Å². The SMILES string of the molecule is CCOC(=O)CN(SNCC(=O)Oc1cccc2c1OC(C)(C)C2)C(=O)OC. The van der Waals surface area contributed by atoms with E-state index in [2.05, 4.69) is 9.46 Å². The molecule has 0 atom stereocenters. The van der Waals surface area contributed by atoms with Gasteiger partial charge in [-0.2, -0.15) is 0 Å². The van der Waals surface area contributed by atoms with E-state index in [0.717, 1.165) is 28.4 Å². The number of rotatable bonds is 8. The Morgan fingerprint density at radius 3 is 2.71 bits per heavy atom. The Morgan fingerprint density at radius 2 is 2.04 bits per heavy atom. The molecule has 154 valence electrons. The molecule has 2 rings (SSSR count). The molecule has 0 saturated heterocycles. The van der Waals surface area contributed by atoms with Crippen LogP contribution >= 0.6 is 12.1 Å². The maximum absolute atomic E-state index is 12.1. The van der Waals surface area contributed by atoms with Gasteiger partial charge in [-0.1, -0.05) is 12.1 Å². The number of methoxy groups -OCH3 is 1. The monoisotopic (exact) mass is 412 g/mol. The highest BCUT2D eigenvalue weighted by Crippen LogP contribution is 2.41. The fraction of sp³-hybridized carbons (Fsp3) is 0.500. The van der Waals surface area contributed by atoms with Crippen molar-refractivity contribution >= 4 is 30.2 Å². The van der Waals surface area contributed by atoms with E-state index in [1.807, 2.05) is 19.9 Å². The van der Waals surface area contributed by atoms with Crippen molar-refractivity contribution in [1.29, 1.82) is 0 Å². The van der Waals surface area contributed by atoms with Gasteiger partial charge in [-0.3, -0.25) is 9.59 Å². The predicted molar refractivity (Wildman–Crippen MR) is 102 cm³/mol. The third-order valence-corrected chi connectivity index (χ3v) is 4.40. The van der Waals surface area contributed by atoms with Gasteiger partial charge in [0.05, 0.1) is 13.7 Å². The zero-order valence-corrected chi connectivity index (χ0v) is 17.1. The number of fused-ring (bicyclic) bond motifs is 1. The van der Waals surface area contributed by atoms with Gasteiger partial charge in [0.25, 0.3) is 0 Å². The number of carbonyl (C=O) groups is 3. The van der Waals surface area contributed by atoms with Gasteiger partial charge in [0.2, 0.25) is 0 Å². The average molecular weight is 412 g/mol. The highest BCUT2D eigenvalue weighted by molar-refractivity contribution is 7.95. The van der Waals surface area contributed by atoms with Crippen LogP contribution in [0.4, 0.5) is 4.79 Å². The number of para-hydroxylation sites is 1. The molecule has 28 heavy (non-hydrogen) atoms. The molecular weight excluding hydrogens is 388 g/mol. The fourth-order valence-corrected chi connectivity index (χ4v) is 3.21. The first-order chi connectivity index (χ1) is 13.3. The molecule has 1 aliphatic rings. The van der Waals surface area contributed by atoms with E-state index in [1.54, 1.807) is 19.1 Å². The number of ether oxygens (including phenoxy) is 4. The first kappa shape index (κ1) is 21.8. The van der Waals surface area contributed by atoms with Gasteiger partial charge in [-0.15, -0.1) is 0 Å². The summed E-state index contributed by atoms with van der Waals surface area (Å²) >= 11 is 0.748. The molecule has 0 spiro atoms. The second kappa shape index (κ2) is 9.65. The Bertz CT molecular complexity index is 739. The van der Waals surface area contributed by atoms with Crippen LogP contribution in [0.25, 0.3) is 0 Å². The van der Waals surface area contributed by atoms with E-state index in [4.69, 9.17) is 14.2 Å². The van der Waals surface area contributed by atoms with Crippen molar-refractivity contribution in [1.82, 2.24) is 9.03 Å². The second-order valence-corrected chi connectivity index (χ2v) is 7.39. The summed E-state index contributed by atoms with van der Waals surface area (Å²) in [6, 6.07) is 5.39. The van der Waals surface area contributed by atoms with E-state index >= 15 is 0 Å². The first-order valence-corrected chi connectivity index (χ1v) is 9.45. The van der Waals surface area contributed by atoms with Crippen LogP contribution in [-0.2, 0) is 25.5 Å². The molecule has 1 aliphatic heterocycles. The Labute approximate surface area is 167 Å². The number of nitrogens with zero attached hydrogens (tertiary/aromatic N) is 1. The lowest BCUT2D eigenvalue weighted by molar-refractivity contribution is -0.143. The molecule has 0 radical (unpaired) electrons. The fourth-order valence-electron chi connectivity index (χ4n) is 2.56. The quantitative estimate of drug-likeness (QED) is 0.390. The number of nitrogens with one attached hydrogen (secondary N) is 1. The summed E-state index contributed by atoms with van der Waals surface area (Å²) in [5.74, 6) is -0.261. The maximum atomic E-state index is 12.1. The molecule has 1 aromatic carbocycles. The van der Waals surface area contributed by atoms with Crippen LogP contribution in [-0.4, -0.2) is 54.7 Å². The molecule has 1 aromatic rings. The van der Waals surface area contributed by atoms with Crippen molar-refractivity contribution in [3.63, 3.8) is 0 Å². The molecule has 9 nitrogen and oxygen atoms in total. The topological polar surface area (TPSA) is 103 Å². The summed E-state index contributed by atoms with van der Waals surface area (Å²) < 4.78 is 24.3. The lowest BCUT2D eigenvalue weighted by atomic mass is 10.0. The average Bonchev–Trinajstić information content (AvgIpc) is 2.95. The van der Waals surface area contributed by atoms with Crippen LogP contribution < -0.4 is 14.2 Å². The van der Waals surface area contributed by atoms with E-state index in [9.17, 15) is 14.4 Å². The number of benzene rings is 1. The summed E-state index contributed by atoms with van der Waals surface area (Å²) in [6.45, 7) is 5.23. The zero-order chi connectivity index (χ0) is 20.7. The minimum Gasteiger partial charge on any atom is -0.483 e. The Balaban J connectivity index is 1.88. The largest absolute Gasteiger partial charge is 0.483 e. The van der Waals surface area contributed by atoms with Crippen LogP contribution in [0.3, 0.4) is 0 Å². The third kappa shape index (κ3) is 6.03. The molecule has 0 bridgehead atoms. The lowest BCUT2D eigenvalue weighted by Crippen LogP contribution is -2.35. The number of amides is 1. The minimum absolute atomic E-state index is 0.193. The summed E-state index contributed by atoms with van der Waals surface area (Å²) in [5.41, 5.74) is 0.622. The van der Waals surface area contributed by atoms with Crippen LogP contribution in [0.5, 0.6) is 11.5 Å². The van der Waals surface area contributed by atoms with Crippen LogP contribution in [0, 0.1) is 0 Å². The highest BCUT2D eigenvalue weighted by atomic mass is 32.2. The summed E-state index contributed by atoms with van der Waals surface area (Å²) in [6.07, 6.45) is -0.0283. The predicted octanol–water partition coefficient (Wildman–Crippen LogP) is 2.09. The molecule has 1 amide bonds. The molecule has 1 heterocycles. The Kier molecular flexibility index (Phi) is 7.53. The molecule has 0 fully saturated rings. The minimum atomic E-state index is -0.754. The van der Waals surface area contributed by atoms with E-state index in [0.29, 0.717) is 11.5 Å². The van der Waals surface area contributed by atoms with Crippen LogP contribution in [0.2, 0.25) is 0 Å². The number of hydrogen-bond acceptors (Lipinski definition) is 9. The van der Waals surface area contributed by atoms with Crippen molar-refractivity contribution in [3.8, 4) is 11.5 Å². The van der Waals surface area contributed by atoms with Crippen molar-refractivity contribution in [2.75, 3.05) is 26.8 Å². The molecule has 10 heteroatoms. The number of carbonyl (C=O) groups excluding carboxylic acids is 3. The van der Waals surface area contributed by atoms with Crippen molar-refractivity contribution < 1.29 is 33.3 Å². The molecule has 1 N–H and O–H groups in total. The molecule has 0 unspecified atom stereocenters. The molecule has 0 saturated carbocycles. The van der Waals surface area contributed by atoms with Gasteiger partial charge >= 0.3 is 18.0 Å².